The summed E-state index contributed by atoms with van der Waals surface area (Å²) < 4.78 is 8.24. The van der Waals surface area contributed by atoms with E-state index in [1.807, 2.05) is 25.1 Å². The number of fused-ring (bicyclic) bond motifs is 3. The summed E-state index contributed by atoms with van der Waals surface area (Å²) in [5, 5.41) is 12.4. The van der Waals surface area contributed by atoms with Gasteiger partial charge in [-0.3, -0.25) is 4.57 Å². The first-order valence-corrected chi connectivity index (χ1v) is 13.7. The maximum absolute atomic E-state index is 12.4. The molecule has 0 saturated heterocycles. The maximum atomic E-state index is 12.4. The highest BCUT2D eigenvalue weighted by Crippen LogP contribution is 2.43. The molecular weight excluding hydrogens is 521 g/mol. The molecule has 1 saturated carbocycles. The van der Waals surface area contributed by atoms with E-state index in [1.165, 1.54) is 0 Å². The Labute approximate surface area is 224 Å². The summed E-state index contributed by atoms with van der Waals surface area (Å²) in [5.74, 6) is 2.33. The Morgan fingerprint density at radius 3 is 2.47 bits per heavy atom. The lowest BCUT2D eigenvalue weighted by Crippen LogP contribution is -2.31. The second-order valence-electron chi connectivity index (χ2n) is 10.4. The fourth-order valence-corrected chi connectivity index (χ4v) is 6.31. The van der Waals surface area contributed by atoms with Gasteiger partial charge in [-0.05, 0) is 77.1 Å². The molecule has 1 fully saturated rings. The second kappa shape index (κ2) is 9.93. The van der Waals surface area contributed by atoms with E-state index in [0.717, 1.165) is 57.8 Å². The van der Waals surface area contributed by atoms with Gasteiger partial charge in [0, 0.05) is 16.9 Å². The quantitative estimate of drug-likeness (QED) is 0.326. The largest absolute Gasteiger partial charge is 0.528 e. The van der Waals surface area contributed by atoms with E-state index in [-0.39, 0.29) is 12.5 Å². The van der Waals surface area contributed by atoms with Crippen molar-refractivity contribution in [1.82, 2.24) is 24.8 Å². The van der Waals surface area contributed by atoms with Crippen molar-refractivity contribution in [3.63, 3.8) is 0 Å². The molecule has 0 radical (unpaired) electrons. The van der Waals surface area contributed by atoms with Gasteiger partial charge in [0.15, 0.2) is 5.82 Å². The first kappa shape index (κ1) is 25.4. The third-order valence-electron chi connectivity index (χ3n) is 6.49. The predicted octanol–water partition coefficient (Wildman–Crippen LogP) is 6.96. The Kier molecular flexibility index (Phi) is 7.02. The van der Waals surface area contributed by atoms with Crippen molar-refractivity contribution in [2.45, 2.75) is 83.9 Å². The van der Waals surface area contributed by atoms with Crippen molar-refractivity contribution >= 4 is 40.7 Å². The second-order valence-corrected chi connectivity index (χ2v) is 12.5. The average molecular weight is 551 g/mol. The molecule has 3 heterocycles. The zero-order chi connectivity index (χ0) is 25.6. The number of aryl methyl sites for hydroxylation is 1. The van der Waals surface area contributed by atoms with E-state index in [0.29, 0.717) is 23.3 Å². The van der Waals surface area contributed by atoms with Gasteiger partial charge in [-0.2, -0.15) is 0 Å². The Hall–Kier alpha value is -2.20. The van der Waals surface area contributed by atoms with Crippen LogP contribution in [0.2, 0.25) is 9.36 Å². The number of halogens is 2. The summed E-state index contributed by atoms with van der Waals surface area (Å²) in [6.45, 7) is 7.99. The van der Waals surface area contributed by atoms with Gasteiger partial charge in [-0.15, -0.1) is 26.6 Å². The van der Waals surface area contributed by atoms with Crippen molar-refractivity contribution in [1.29, 1.82) is 0 Å². The molecule has 11 heteroatoms. The fourth-order valence-electron chi connectivity index (χ4n) is 4.87. The van der Waals surface area contributed by atoms with Gasteiger partial charge < -0.3 is 9.57 Å². The monoisotopic (exact) mass is 549 g/mol. The normalized spacial score (nSPS) is 20.4. The van der Waals surface area contributed by atoms with Crippen molar-refractivity contribution in [3.8, 4) is 5.69 Å². The number of carbonyl (C=O) groups excluding carboxylic acids is 1. The zero-order valence-corrected chi connectivity index (χ0v) is 23.1. The van der Waals surface area contributed by atoms with Crippen LogP contribution in [0.25, 0.3) is 5.69 Å². The topological polar surface area (TPSA) is 82.4 Å². The van der Waals surface area contributed by atoms with Crippen LogP contribution in [0.5, 0.6) is 0 Å². The molecule has 0 N–H and O–H groups in total. The standard InChI is InChI=1S/C25H29Cl2N5O3S/c1-14-21(27)36-23(28-14)16-7-5-15(6-8-16)22-30-29-20-13-31(35-24(33)34-25(2,3)4)12-17-11-18(26)9-10-19(17)32(20)22/h9-11,15-16H,5-8,12-13H2,1-4H3/t15-,16-. The van der Waals surface area contributed by atoms with Crippen molar-refractivity contribution < 1.29 is 14.4 Å². The first-order valence-electron chi connectivity index (χ1n) is 12.1. The van der Waals surface area contributed by atoms with Crippen molar-refractivity contribution in [2.24, 2.45) is 0 Å². The molecule has 2 aliphatic rings. The minimum absolute atomic E-state index is 0.265. The Morgan fingerprint density at radius 1 is 1.08 bits per heavy atom. The highest BCUT2D eigenvalue weighted by atomic mass is 35.5. The van der Waals surface area contributed by atoms with Gasteiger partial charge in [0.25, 0.3) is 0 Å². The molecule has 0 amide bonds. The number of nitrogens with zero attached hydrogens (tertiary/aromatic N) is 5. The van der Waals surface area contributed by atoms with E-state index in [1.54, 1.807) is 37.2 Å². The number of ether oxygens (including phenoxy) is 1. The van der Waals surface area contributed by atoms with Crippen molar-refractivity contribution in [3.05, 3.63) is 55.5 Å². The Balaban J connectivity index is 1.40. The summed E-state index contributed by atoms with van der Waals surface area (Å²) in [4.78, 5) is 22.6. The molecule has 0 unspecified atom stereocenters. The molecule has 1 aliphatic carbocycles. The third-order valence-corrected chi connectivity index (χ3v) is 8.34. The highest BCUT2D eigenvalue weighted by Gasteiger charge is 2.33. The number of aromatic nitrogens is 4. The Morgan fingerprint density at radius 2 is 1.81 bits per heavy atom. The van der Waals surface area contributed by atoms with Crippen LogP contribution in [0.4, 0.5) is 4.79 Å². The van der Waals surface area contributed by atoms with Gasteiger partial charge in [0.05, 0.1) is 29.5 Å². The van der Waals surface area contributed by atoms with Crippen molar-refractivity contribution in [2.75, 3.05) is 0 Å². The zero-order valence-electron chi connectivity index (χ0n) is 20.8. The lowest BCUT2D eigenvalue weighted by Gasteiger charge is -2.27. The number of hydroxylamine groups is 2. The van der Waals surface area contributed by atoms with Crippen LogP contribution in [-0.2, 0) is 22.7 Å². The van der Waals surface area contributed by atoms with Gasteiger partial charge in [-0.25, -0.2) is 9.78 Å². The minimum atomic E-state index is -0.755. The number of thiazole rings is 1. The lowest BCUT2D eigenvalue weighted by atomic mass is 9.82. The smallest absolute Gasteiger partial charge is 0.427 e. The summed E-state index contributed by atoms with van der Waals surface area (Å²) in [6, 6.07) is 5.74. The molecule has 0 atom stereocenters. The SMILES string of the molecule is Cc1nc([C@H]2CC[C@H](c3nnc4n3-c3ccc(Cl)cc3CN(OC(=O)OC(C)(C)C)C4)CC2)sc1Cl. The third kappa shape index (κ3) is 5.39. The van der Waals surface area contributed by atoms with E-state index in [9.17, 15) is 4.79 Å². The van der Waals surface area contributed by atoms with Gasteiger partial charge in [-0.1, -0.05) is 23.2 Å². The lowest BCUT2D eigenvalue weighted by molar-refractivity contribution is -0.155. The summed E-state index contributed by atoms with van der Waals surface area (Å²) in [5.41, 5.74) is 2.13. The van der Waals surface area contributed by atoms with E-state index in [4.69, 9.17) is 32.8 Å². The number of benzene rings is 1. The summed E-state index contributed by atoms with van der Waals surface area (Å²) >= 11 is 14.2. The van der Waals surface area contributed by atoms with Crippen LogP contribution < -0.4 is 0 Å². The molecule has 1 aromatic carbocycles. The van der Waals surface area contributed by atoms with Crippen LogP contribution in [-0.4, -0.2) is 36.6 Å². The first-order chi connectivity index (χ1) is 17.1. The maximum Gasteiger partial charge on any atom is 0.528 e. The van der Waals surface area contributed by atoms with Crippen LogP contribution in [0.3, 0.4) is 0 Å². The molecule has 5 rings (SSSR count). The van der Waals surface area contributed by atoms with Crippen LogP contribution in [0.1, 0.15) is 86.2 Å². The average Bonchev–Trinajstić information content (AvgIpc) is 3.31. The molecule has 3 aromatic rings. The molecule has 0 spiro atoms. The van der Waals surface area contributed by atoms with E-state index >= 15 is 0 Å². The number of carbonyl (C=O) groups is 1. The van der Waals surface area contributed by atoms with E-state index in [2.05, 4.69) is 19.7 Å². The van der Waals surface area contributed by atoms with Gasteiger partial charge in [0.2, 0.25) is 0 Å². The highest BCUT2D eigenvalue weighted by molar-refractivity contribution is 7.16. The van der Waals surface area contributed by atoms with Crippen LogP contribution in [0.15, 0.2) is 18.2 Å². The minimum Gasteiger partial charge on any atom is -0.427 e. The molecule has 36 heavy (non-hydrogen) atoms. The molecule has 192 valence electrons. The fraction of sp³-hybridized carbons (Fsp3) is 0.520. The Bertz CT molecular complexity index is 1260. The number of hydrogen-bond acceptors (Lipinski definition) is 8. The van der Waals surface area contributed by atoms with Gasteiger partial charge in [0.1, 0.15) is 15.8 Å². The molecule has 0 bridgehead atoms. The molecular formula is C25H29Cl2N5O3S. The van der Waals surface area contributed by atoms with Crippen LogP contribution in [0, 0.1) is 6.92 Å². The van der Waals surface area contributed by atoms with E-state index < -0.39 is 11.8 Å². The number of hydrogen-bond donors (Lipinski definition) is 0. The molecule has 2 aromatic heterocycles. The number of rotatable bonds is 3. The molecule has 1 aliphatic heterocycles. The van der Waals surface area contributed by atoms with Crippen LogP contribution >= 0.6 is 34.5 Å². The summed E-state index contributed by atoms with van der Waals surface area (Å²) in [6.07, 6.45) is 3.27. The van der Waals surface area contributed by atoms with Gasteiger partial charge >= 0.3 is 6.16 Å². The summed E-state index contributed by atoms with van der Waals surface area (Å²) in [7, 11) is 0. The molecule has 8 nitrogen and oxygen atoms in total. The predicted molar refractivity (Wildman–Crippen MR) is 139 cm³/mol.